The van der Waals surface area contributed by atoms with E-state index in [0.717, 1.165) is 25.5 Å². The number of methoxy groups -OCH3 is 1. The summed E-state index contributed by atoms with van der Waals surface area (Å²) in [5.41, 5.74) is 0.399. The van der Waals surface area contributed by atoms with Crippen molar-refractivity contribution in [3.63, 3.8) is 0 Å². The van der Waals surface area contributed by atoms with E-state index in [1.165, 1.54) is 12.8 Å². The standard InChI is InChI=1S/C13H23N3O/c1-4-13(5-2)10-15-11(13)12-14-6-7-16(12)8-9-17-3/h6-7,11,15H,4-5,8-10H2,1-3H3/t11-/m1/s1. The third-order valence-electron chi connectivity index (χ3n) is 4.22. The zero-order valence-corrected chi connectivity index (χ0v) is 11.1. The van der Waals surface area contributed by atoms with Crippen LogP contribution in [-0.2, 0) is 11.3 Å². The van der Waals surface area contributed by atoms with Crippen LogP contribution < -0.4 is 5.32 Å². The fraction of sp³-hybridized carbons (Fsp3) is 0.769. The van der Waals surface area contributed by atoms with Crippen LogP contribution in [0.5, 0.6) is 0 Å². The van der Waals surface area contributed by atoms with Crippen LogP contribution in [0.1, 0.15) is 38.6 Å². The molecule has 1 N–H and O–H groups in total. The second-order valence-electron chi connectivity index (χ2n) is 4.86. The van der Waals surface area contributed by atoms with Gasteiger partial charge in [-0.3, -0.25) is 0 Å². The Kier molecular flexibility index (Phi) is 3.84. The summed E-state index contributed by atoms with van der Waals surface area (Å²) in [5.74, 6) is 1.16. The summed E-state index contributed by atoms with van der Waals surface area (Å²) in [7, 11) is 1.74. The van der Waals surface area contributed by atoms with Crippen LogP contribution in [0, 0.1) is 5.41 Å². The lowest BCUT2D eigenvalue weighted by Gasteiger charge is -2.49. The van der Waals surface area contributed by atoms with Crippen molar-refractivity contribution in [1.29, 1.82) is 0 Å². The van der Waals surface area contributed by atoms with E-state index in [9.17, 15) is 0 Å². The Bertz CT molecular complexity index is 352. The maximum Gasteiger partial charge on any atom is 0.126 e. The van der Waals surface area contributed by atoms with Crippen LogP contribution in [0.25, 0.3) is 0 Å². The summed E-state index contributed by atoms with van der Waals surface area (Å²) in [5, 5.41) is 3.53. The van der Waals surface area contributed by atoms with Crippen molar-refractivity contribution in [1.82, 2.24) is 14.9 Å². The SMILES string of the molecule is CCC1(CC)CN[C@@H]1c1nccn1CCOC. The number of rotatable bonds is 6. The number of nitrogens with one attached hydrogen (secondary N) is 1. The Balaban J connectivity index is 2.14. The first-order valence-electron chi connectivity index (χ1n) is 6.50. The largest absolute Gasteiger partial charge is 0.383 e. The molecule has 4 heteroatoms. The normalized spacial score (nSPS) is 22.4. The van der Waals surface area contributed by atoms with Gasteiger partial charge < -0.3 is 14.6 Å². The highest BCUT2D eigenvalue weighted by Crippen LogP contribution is 2.45. The lowest BCUT2D eigenvalue weighted by Crippen LogP contribution is -2.56. The van der Waals surface area contributed by atoms with E-state index in [-0.39, 0.29) is 0 Å². The predicted molar refractivity (Wildman–Crippen MR) is 67.9 cm³/mol. The first kappa shape index (κ1) is 12.6. The Labute approximate surface area is 103 Å². The highest BCUT2D eigenvalue weighted by atomic mass is 16.5. The van der Waals surface area contributed by atoms with E-state index in [2.05, 4.69) is 28.7 Å². The molecule has 1 aliphatic heterocycles. The minimum Gasteiger partial charge on any atom is -0.383 e. The maximum atomic E-state index is 5.14. The van der Waals surface area contributed by atoms with Crippen molar-refractivity contribution in [2.45, 2.75) is 39.3 Å². The van der Waals surface area contributed by atoms with Crippen LogP contribution in [0.2, 0.25) is 0 Å². The molecule has 17 heavy (non-hydrogen) atoms. The van der Waals surface area contributed by atoms with Crippen molar-refractivity contribution in [2.75, 3.05) is 20.3 Å². The molecule has 0 amide bonds. The number of ether oxygens (including phenoxy) is 1. The summed E-state index contributed by atoms with van der Waals surface area (Å²) in [6, 6.07) is 0.407. The second kappa shape index (κ2) is 5.19. The van der Waals surface area contributed by atoms with Gasteiger partial charge in [0.15, 0.2) is 0 Å². The minimum atomic E-state index is 0.399. The molecule has 1 fully saturated rings. The third kappa shape index (κ3) is 2.11. The molecule has 4 nitrogen and oxygen atoms in total. The van der Waals surface area contributed by atoms with Gasteiger partial charge in [0.05, 0.1) is 12.6 Å². The van der Waals surface area contributed by atoms with Gasteiger partial charge in [-0.05, 0) is 12.8 Å². The third-order valence-corrected chi connectivity index (χ3v) is 4.22. The number of hydrogen-bond acceptors (Lipinski definition) is 3. The number of aromatic nitrogens is 2. The average molecular weight is 237 g/mol. The molecule has 1 aliphatic rings. The Morgan fingerprint density at radius 2 is 2.29 bits per heavy atom. The van der Waals surface area contributed by atoms with Crippen molar-refractivity contribution >= 4 is 0 Å². The van der Waals surface area contributed by atoms with Gasteiger partial charge >= 0.3 is 0 Å². The molecule has 0 spiro atoms. The summed E-state index contributed by atoms with van der Waals surface area (Å²) >= 11 is 0. The molecule has 0 bridgehead atoms. The molecular weight excluding hydrogens is 214 g/mol. The molecule has 96 valence electrons. The lowest BCUT2D eigenvalue weighted by atomic mass is 9.69. The number of nitrogens with zero attached hydrogens (tertiary/aromatic N) is 2. The molecule has 1 saturated heterocycles. The van der Waals surface area contributed by atoms with E-state index in [1.807, 2.05) is 12.4 Å². The van der Waals surface area contributed by atoms with E-state index in [1.54, 1.807) is 7.11 Å². The fourth-order valence-corrected chi connectivity index (χ4v) is 2.73. The van der Waals surface area contributed by atoms with Gasteiger partial charge in [0.2, 0.25) is 0 Å². The smallest absolute Gasteiger partial charge is 0.126 e. The van der Waals surface area contributed by atoms with Gasteiger partial charge in [-0.1, -0.05) is 13.8 Å². The molecule has 0 unspecified atom stereocenters. The van der Waals surface area contributed by atoms with Crippen LogP contribution in [-0.4, -0.2) is 29.8 Å². The average Bonchev–Trinajstić information content (AvgIpc) is 2.75. The van der Waals surface area contributed by atoms with Gasteiger partial charge in [0.25, 0.3) is 0 Å². The van der Waals surface area contributed by atoms with Gasteiger partial charge in [-0.2, -0.15) is 0 Å². The highest BCUT2D eigenvalue weighted by Gasteiger charge is 2.46. The first-order valence-corrected chi connectivity index (χ1v) is 6.50. The zero-order chi connectivity index (χ0) is 12.3. The van der Waals surface area contributed by atoms with Gasteiger partial charge in [0, 0.05) is 38.0 Å². The summed E-state index contributed by atoms with van der Waals surface area (Å²) in [6.07, 6.45) is 6.35. The highest BCUT2D eigenvalue weighted by molar-refractivity contribution is 5.12. The molecule has 2 rings (SSSR count). The van der Waals surface area contributed by atoms with E-state index in [0.29, 0.717) is 11.5 Å². The van der Waals surface area contributed by atoms with Crippen LogP contribution in [0.3, 0.4) is 0 Å². The molecule has 0 aliphatic carbocycles. The number of hydrogen-bond donors (Lipinski definition) is 1. The Morgan fingerprint density at radius 1 is 1.53 bits per heavy atom. The zero-order valence-electron chi connectivity index (χ0n) is 11.1. The van der Waals surface area contributed by atoms with Crippen molar-refractivity contribution in [3.05, 3.63) is 18.2 Å². The predicted octanol–water partition coefficient (Wildman–Crippen LogP) is 1.98. The second-order valence-corrected chi connectivity index (χ2v) is 4.86. The Hall–Kier alpha value is -0.870. The van der Waals surface area contributed by atoms with Gasteiger partial charge in [0.1, 0.15) is 5.82 Å². The quantitative estimate of drug-likeness (QED) is 0.822. The topological polar surface area (TPSA) is 39.1 Å². The van der Waals surface area contributed by atoms with Crippen molar-refractivity contribution < 1.29 is 4.74 Å². The maximum absolute atomic E-state index is 5.14. The summed E-state index contributed by atoms with van der Waals surface area (Å²) in [4.78, 5) is 4.53. The minimum absolute atomic E-state index is 0.399. The molecule has 0 radical (unpaired) electrons. The first-order chi connectivity index (χ1) is 8.27. The number of imidazole rings is 1. The van der Waals surface area contributed by atoms with Crippen LogP contribution in [0.4, 0.5) is 0 Å². The lowest BCUT2D eigenvalue weighted by molar-refractivity contribution is 0.0610. The van der Waals surface area contributed by atoms with Gasteiger partial charge in [-0.25, -0.2) is 4.98 Å². The Morgan fingerprint density at radius 3 is 2.82 bits per heavy atom. The summed E-state index contributed by atoms with van der Waals surface area (Å²) < 4.78 is 7.35. The monoisotopic (exact) mass is 237 g/mol. The summed E-state index contributed by atoms with van der Waals surface area (Å²) in [6.45, 7) is 7.29. The van der Waals surface area contributed by atoms with Crippen LogP contribution in [0.15, 0.2) is 12.4 Å². The van der Waals surface area contributed by atoms with E-state index < -0.39 is 0 Å². The van der Waals surface area contributed by atoms with Crippen molar-refractivity contribution in [3.8, 4) is 0 Å². The van der Waals surface area contributed by atoms with Crippen LogP contribution >= 0.6 is 0 Å². The molecule has 0 aromatic carbocycles. The molecule has 1 atom stereocenters. The van der Waals surface area contributed by atoms with Gasteiger partial charge in [-0.15, -0.1) is 0 Å². The molecule has 0 saturated carbocycles. The molecule has 1 aromatic rings. The van der Waals surface area contributed by atoms with E-state index >= 15 is 0 Å². The van der Waals surface area contributed by atoms with Crippen molar-refractivity contribution in [2.24, 2.45) is 5.41 Å². The molecule has 1 aromatic heterocycles. The molecule has 2 heterocycles. The fourth-order valence-electron chi connectivity index (χ4n) is 2.73. The molecular formula is C13H23N3O. The van der Waals surface area contributed by atoms with E-state index in [4.69, 9.17) is 4.74 Å².